The SMILES string of the molecule is CC(C)=CCC(C(=O)Nc1ccc(Cl)cc1)C1CCC(c2ccnc3ccccc23)CC1. The smallest absolute Gasteiger partial charge is 0.228 e. The minimum Gasteiger partial charge on any atom is -0.326 e. The summed E-state index contributed by atoms with van der Waals surface area (Å²) in [5.74, 6) is 1.02. The number of pyridine rings is 1. The van der Waals surface area contributed by atoms with Crippen molar-refractivity contribution in [3.63, 3.8) is 0 Å². The first kappa shape index (κ1) is 22.5. The number of halogens is 1. The van der Waals surface area contributed by atoms with Crippen LogP contribution in [0.3, 0.4) is 0 Å². The number of allylic oxidation sites excluding steroid dienone is 2. The molecule has 1 fully saturated rings. The molecule has 0 radical (unpaired) electrons. The van der Waals surface area contributed by atoms with Gasteiger partial charge in [0, 0.05) is 28.2 Å². The van der Waals surface area contributed by atoms with E-state index in [4.69, 9.17) is 11.6 Å². The predicted molar refractivity (Wildman–Crippen MR) is 134 cm³/mol. The third-order valence-electron chi connectivity index (χ3n) is 6.69. The Morgan fingerprint density at radius 3 is 2.50 bits per heavy atom. The molecule has 1 unspecified atom stereocenters. The van der Waals surface area contributed by atoms with Crippen molar-refractivity contribution in [2.45, 2.75) is 51.9 Å². The molecule has 1 aromatic heterocycles. The van der Waals surface area contributed by atoms with E-state index in [9.17, 15) is 4.79 Å². The number of anilines is 1. The molecule has 166 valence electrons. The van der Waals surface area contributed by atoms with Crippen molar-refractivity contribution >= 4 is 34.1 Å². The van der Waals surface area contributed by atoms with E-state index < -0.39 is 0 Å². The maximum Gasteiger partial charge on any atom is 0.228 e. The first-order valence-corrected chi connectivity index (χ1v) is 11.9. The summed E-state index contributed by atoms with van der Waals surface area (Å²) >= 11 is 5.99. The Morgan fingerprint density at radius 1 is 1.06 bits per heavy atom. The monoisotopic (exact) mass is 446 g/mol. The largest absolute Gasteiger partial charge is 0.326 e. The van der Waals surface area contributed by atoms with Gasteiger partial charge in [0.1, 0.15) is 0 Å². The highest BCUT2D eigenvalue weighted by Crippen LogP contribution is 2.41. The molecule has 4 heteroatoms. The number of carbonyl (C=O) groups excluding carboxylic acids is 1. The number of amides is 1. The highest BCUT2D eigenvalue weighted by Gasteiger charge is 2.32. The van der Waals surface area contributed by atoms with Gasteiger partial charge in [-0.15, -0.1) is 0 Å². The van der Waals surface area contributed by atoms with Crippen LogP contribution in [0, 0.1) is 11.8 Å². The Bertz CT molecular complexity index is 1090. The van der Waals surface area contributed by atoms with Gasteiger partial charge in [0.15, 0.2) is 0 Å². The number of para-hydroxylation sites is 1. The Balaban J connectivity index is 1.47. The number of rotatable bonds is 6. The number of hydrogen-bond donors (Lipinski definition) is 1. The van der Waals surface area contributed by atoms with Crippen LogP contribution in [-0.4, -0.2) is 10.9 Å². The molecule has 4 rings (SSSR count). The molecule has 3 nitrogen and oxygen atoms in total. The second-order valence-corrected chi connectivity index (χ2v) is 9.59. The Hall–Kier alpha value is -2.65. The molecule has 2 aromatic carbocycles. The van der Waals surface area contributed by atoms with E-state index in [2.05, 4.69) is 54.5 Å². The lowest BCUT2D eigenvalue weighted by molar-refractivity contribution is -0.121. The summed E-state index contributed by atoms with van der Waals surface area (Å²) in [6.07, 6.45) is 9.27. The average Bonchev–Trinajstić information content (AvgIpc) is 2.80. The molecule has 32 heavy (non-hydrogen) atoms. The van der Waals surface area contributed by atoms with Gasteiger partial charge in [-0.1, -0.05) is 41.4 Å². The van der Waals surface area contributed by atoms with Crippen LogP contribution < -0.4 is 5.32 Å². The molecule has 1 amide bonds. The van der Waals surface area contributed by atoms with Crippen LogP contribution in [-0.2, 0) is 4.79 Å². The van der Waals surface area contributed by atoms with Gasteiger partial charge in [-0.05, 0) is 99.7 Å². The van der Waals surface area contributed by atoms with Crippen molar-refractivity contribution < 1.29 is 4.79 Å². The minimum atomic E-state index is -0.0179. The van der Waals surface area contributed by atoms with Gasteiger partial charge in [-0.3, -0.25) is 9.78 Å². The third-order valence-corrected chi connectivity index (χ3v) is 6.94. The molecule has 0 spiro atoms. The standard InChI is InChI=1S/C28H31ClN2O/c1-19(2)7-16-25(28(32)31-23-14-12-22(29)13-15-23)21-10-8-20(9-11-21)24-17-18-30-27-6-4-3-5-26(24)27/h3-7,12-15,17-18,20-21,25H,8-11,16H2,1-2H3,(H,31,32). The number of carbonyl (C=O) groups is 1. The predicted octanol–water partition coefficient (Wildman–Crippen LogP) is 7.77. The van der Waals surface area contributed by atoms with Crippen LogP contribution in [0.5, 0.6) is 0 Å². The highest BCUT2D eigenvalue weighted by molar-refractivity contribution is 6.30. The van der Waals surface area contributed by atoms with Gasteiger partial charge >= 0.3 is 0 Å². The second-order valence-electron chi connectivity index (χ2n) is 9.15. The van der Waals surface area contributed by atoms with Crippen molar-refractivity contribution in [2.75, 3.05) is 5.32 Å². The topological polar surface area (TPSA) is 42.0 Å². The zero-order chi connectivity index (χ0) is 22.5. The summed E-state index contributed by atoms with van der Waals surface area (Å²) < 4.78 is 0. The maximum absolute atomic E-state index is 13.3. The zero-order valence-corrected chi connectivity index (χ0v) is 19.6. The van der Waals surface area contributed by atoms with Gasteiger partial charge in [-0.2, -0.15) is 0 Å². The minimum absolute atomic E-state index is 0.0179. The molecule has 1 aliphatic rings. The maximum atomic E-state index is 13.3. The number of benzene rings is 2. The Morgan fingerprint density at radius 2 is 1.78 bits per heavy atom. The molecule has 0 bridgehead atoms. The number of nitrogens with zero attached hydrogens (tertiary/aromatic N) is 1. The van der Waals surface area contributed by atoms with E-state index in [1.54, 1.807) is 0 Å². The van der Waals surface area contributed by atoms with Gasteiger partial charge < -0.3 is 5.32 Å². The number of hydrogen-bond acceptors (Lipinski definition) is 2. The first-order chi connectivity index (χ1) is 15.5. The van der Waals surface area contributed by atoms with E-state index in [0.717, 1.165) is 43.3 Å². The Kier molecular flexibility index (Phi) is 7.26. The van der Waals surface area contributed by atoms with E-state index in [1.807, 2.05) is 36.5 Å². The molecule has 1 atom stereocenters. The van der Waals surface area contributed by atoms with Crippen molar-refractivity contribution in [3.8, 4) is 0 Å². The van der Waals surface area contributed by atoms with Crippen LogP contribution in [0.1, 0.15) is 57.4 Å². The van der Waals surface area contributed by atoms with Crippen LogP contribution in [0.4, 0.5) is 5.69 Å². The number of nitrogens with one attached hydrogen (secondary N) is 1. The summed E-state index contributed by atoms with van der Waals surface area (Å²) in [6, 6.07) is 17.9. The highest BCUT2D eigenvalue weighted by atomic mass is 35.5. The van der Waals surface area contributed by atoms with Crippen LogP contribution in [0.15, 0.2) is 72.4 Å². The first-order valence-electron chi connectivity index (χ1n) is 11.5. The molecule has 3 aromatic rings. The van der Waals surface area contributed by atoms with Gasteiger partial charge in [0.2, 0.25) is 5.91 Å². The molecule has 1 aliphatic carbocycles. The zero-order valence-electron chi connectivity index (χ0n) is 18.9. The molecule has 1 N–H and O–H groups in total. The van der Waals surface area contributed by atoms with E-state index in [-0.39, 0.29) is 11.8 Å². The van der Waals surface area contributed by atoms with Gasteiger partial charge in [0.25, 0.3) is 0 Å². The van der Waals surface area contributed by atoms with Gasteiger partial charge in [0.05, 0.1) is 5.52 Å². The van der Waals surface area contributed by atoms with Gasteiger partial charge in [-0.25, -0.2) is 0 Å². The van der Waals surface area contributed by atoms with E-state index >= 15 is 0 Å². The van der Waals surface area contributed by atoms with Crippen molar-refractivity contribution in [2.24, 2.45) is 11.8 Å². The Labute approximate surface area is 195 Å². The summed E-state index contributed by atoms with van der Waals surface area (Å²) in [6.45, 7) is 4.19. The van der Waals surface area contributed by atoms with E-state index in [0.29, 0.717) is 16.9 Å². The van der Waals surface area contributed by atoms with Crippen molar-refractivity contribution in [3.05, 3.63) is 83.0 Å². The fourth-order valence-electron chi connectivity index (χ4n) is 4.95. The quantitative estimate of drug-likeness (QED) is 0.393. The fraction of sp³-hybridized carbons (Fsp3) is 0.357. The molecular formula is C28H31ClN2O. The number of aromatic nitrogens is 1. The van der Waals surface area contributed by atoms with Crippen LogP contribution >= 0.6 is 11.6 Å². The van der Waals surface area contributed by atoms with Crippen molar-refractivity contribution in [1.82, 2.24) is 4.98 Å². The average molecular weight is 447 g/mol. The van der Waals surface area contributed by atoms with Crippen LogP contribution in [0.2, 0.25) is 5.02 Å². The molecule has 1 heterocycles. The van der Waals surface area contributed by atoms with E-state index in [1.165, 1.54) is 16.5 Å². The van der Waals surface area contributed by atoms with Crippen LogP contribution in [0.25, 0.3) is 10.9 Å². The summed E-state index contributed by atoms with van der Waals surface area (Å²) in [4.78, 5) is 17.8. The summed E-state index contributed by atoms with van der Waals surface area (Å²) in [5.41, 5.74) is 4.53. The lowest BCUT2D eigenvalue weighted by Gasteiger charge is -2.33. The molecule has 0 aliphatic heterocycles. The van der Waals surface area contributed by atoms with Crippen molar-refractivity contribution in [1.29, 1.82) is 0 Å². The molecule has 0 saturated heterocycles. The summed E-state index contributed by atoms with van der Waals surface area (Å²) in [7, 11) is 0. The second kappa shape index (κ2) is 10.3. The lowest BCUT2D eigenvalue weighted by Crippen LogP contribution is -2.31. The normalized spacial score (nSPS) is 19.3. The molecular weight excluding hydrogens is 416 g/mol. The molecule has 1 saturated carbocycles. The third kappa shape index (κ3) is 5.39. The number of fused-ring (bicyclic) bond motifs is 1. The summed E-state index contributed by atoms with van der Waals surface area (Å²) in [5, 5.41) is 5.06. The fourth-order valence-corrected chi connectivity index (χ4v) is 5.08. The lowest BCUT2D eigenvalue weighted by atomic mass is 9.72.